The molecule has 28 heavy (non-hydrogen) atoms. The smallest absolute Gasteiger partial charge is 0.210 e. The minimum absolute atomic E-state index is 0.0684. The van der Waals surface area contributed by atoms with Gasteiger partial charge in [0.05, 0.1) is 18.6 Å². The number of likely N-dealkylation sites (tertiary alicyclic amines) is 1. The first-order chi connectivity index (χ1) is 13.5. The minimum Gasteiger partial charge on any atom is -0.337 e. The summed E-state index contributed by atoms with van der Waals surface area (Å²) in [5, 5.41) is 2.75. The van der Waals surface area contributed by atoms with Gasteiger partial charge in [-0.2, -0.15) is 0 Å². The largest absolute Gasteiger partial charge is 0.337 e. The summed E-state index contributed by atoms with van der Waals surface area (Å²) in [7, 11) is 3.75. The highest BCUT2D eigenvalue weighted by molar-refractivity contribution is 7.78. The SMILES string of the molecule is CNC.O=CN1CC(F)C(NS)C1Cc1cccc(-c2ccccc2F)c1F. The molecule has 0 radical (unpaired) electrons. The molecule has 8 heteroatoms. The van der Waals surface area contributed by atoms with E-state index in [1.54, 1.807) is 18.2 Å². The summed E-state index contributed by atoms with van der Waals surface area (Å²) >= 11 is 3.92. The van der Waals surface area contributed by atoms with Crippen molar-refractivity contribution in [2.24, 2.45) is 0 Å². The Bertz CT molecular complexity index is 793. The number of hydrogen-bond acceptors (Lipinski definition) is 4. The fourth-order valence-corrected chi connectivity index (χ4v) is 3.61. The quantitative estimate of drug-likeness (QED) is 0.524. The topological polar surface area (TPSA) is 44.4 Å². The van der Waals surface area contributed by atoms with E-state index >= 15 is 0 Å². The molecule has 1 amide bonds. The predicted molar refractivity (Wildman–Crippen MR) is 108 cm³/mol. The first-order valence-corrected chi connectivity index (χ1v) is 9.28. The van der Waals surface area contributed by atoms with Crippen LogP contribution in [0, 0.1) is 11.6 Å². The maximum Gasteiger partial charge on any atom is 0.210 e. The Hall–Kier alpha value is -2.03. The van der Waals surface area contributed by atoms with E-state index in [2.05, 4.69) is 22.9 Å². The molecule has 0 saturated carbocycles. The average molecular weight is 411 g/mol. The summed E-state index contributed by atoms with van der Waals surface area (Å²) in [5.74, 6) is -1.09. The Morgan fingerprint density at radius 3 is 2.39 bits per heavy atom. The first kappa shape index (κ1) is 22.3. The summed E-state index contributed by atoms with van der Waals surface area (Å²) in [6, 6.07) is 9.33. The highest BCUT2D eigenvalue weighted by Gasteiger charge is 2.41. The Morgan fingerprint density at radius 1 is 1.14 bits per heavy atom. The number of halogens is 3. The zero-order valence-electron chi connectivity index (χ0n) is 15.7. The van der Waals surface area contributed by atoms with Crippen LogP contribution in [-0.4, -0.2) is 50.2 Å². The standard InChI is InChI=1S/C18H17F3N2OS.C2H7N/c19-14-7-2-1-5-12(14)13-6-3-4-11(17(13)21)8-16-18(22-25)15(20)9-23(16)10-24;1-3-2/h1-7,10,15-16,18,22,25H,8-9H2;3H,1-2H3. The van der Waals surface area contributed by atoms with Crippen molar-refractivity contribution in [3.63, 3.8) is 0 Å². The van der Waals surface area contributed by atoms with E-state index in [4.69, 9.17) is 0 Å². The van der Waals surface area contributed by atoms with Crippen molar-refractivity contribution < 1.29 is 18.0 Å². The molecule has 1 aliphatic heterocycles. The number of nitrogens with zero attached hydrogens (tertiary/aromatic N) is 1. The number of thiol groups is 1. The molecule has 0 bridgehead atoms. The number of nitrogens with one attached hydrogen (secondary N) is 2. The van der Waals surface area contributed by atoms with E-state index in [9.17, 15) is 18.0 Å². The molecule has 1 saturated heterocycles. The lowest BCUT2D eigenvalue weighted by molar-refractivity contribution is -0.119. The van der Waals surface area contributed by atoms with Crippen LogP contribution in [0.15, 0.2) is 42.5 Å². The van der Waals surface area contributed by atoms with Crippen molar-refractivity contribution in [2.75, 3.05) is 20.6 Å². The Balaban J connectivity index is 0.000000878. The molecule has 0 spiro atoms. The number of hydrogen-bond donors (Lipinski definition) is 3. The third-order valence-electron chi connectivity index (χ3n) is 4.57. The van der Waals surface area contributed by atoms with E-state index in [0.717, 1.165) is 0 Å². The number of carbonyl (C=O) groups excluding carboxylic acids is 1. The summed E-state index contributed by atoms with van der Waals surface area (Å²) < 4.78 is 45.5. The number of rotatable bonds is 5. The van der Waals surface area contributed by atoms with Gasteiger partial charge in [-0.25, -0.2) is 13.2 Å². The third-order valence-corrected chi connectivity index (χ3v) is 4.87. The number of alkyl halides is 1. The number of benzene rings is 2. The van der Waals surface area contributed by atoms with Crippen molar-refractivity contribution in [2.45, 2.75) is 24.7 Å². The second-order valence-corrected chi connectivity index (χ2v) is 6.76. The van der Waals surface area contributed by atoms with E-state index < -0.39 is 29.9 Å². The highest BCUT2D eigenvalue weighted by atomic mass is 32.1. The zero-order valence-corrected chi connectivity index (χ0v) is 16.6. The van der Waals surface area contributed by atoms with Crippen LogP contribution < -0.4 is 10.0 Å². The van der Waals surface area contributed by atoms with Gasteiger partial charge in [-0.1, -0.05) is 49.2 Å². The van der Waals surface area contributed by atoms with Crippen LogP contribution in [0.5, 0.6) is 0 Å². The lowest BCUT2D eigenvalue weighted by atomic mass is 9.95. The molecule has 2 aromatic carbocycles. The maximum absolute atomic E-state index is 14.9. The zero-order chi connectivity index (χ0) is 20.7. The second kappa shape index (κ2) is 10.5. The van der Waals surface area contributed by atoms with Crippen molar-refractivity contribution in [3.05, 3.63) is 59.7 Å². The second-order valence-electron chi connectivity index (χ2n) is 6.50. The number of carbonyl (C=O) groups is 1. The van der Waals surface area contributed by atoms with E-state index in [1.807, 2.05) is 14.1 Å². The molecule has 1 fully saturated rings. The molecular weight excluding hydrogens is 387 g/mol. The van der Waals surface area contributed by atoms with Gasteiger partial charge < -0.3 is 10.2 Å². The van der Waals surface area contributed by atoms with Crippen molar-refractivity contribution in [1.29, 1.82) is 0 Å². The van der Waals surface area contributed by atoms with Gasteiger partial charge in [0.15, 0.2) is 0 Å². The molecule has 3 rings (SSSR count). The van der Waals surface area contributed by atoms with Gasteiger partial charge in [-0.3, -0.25) is 9.52 Å². The minimum atomic E-state index is -1.29. The fraction of sp³-hybridized carbons (Fsp3) is 0.350. The van der Waals surface area contributed by atoms with Crippen LogP contribution in [0.1, 0.15) is 5.56 Å². The lowest BCUT2D eigenvalue weighted by Gasteiger charge is -2.25. The molecule has 4 nitrogen and oxygen atoms in total. The first-order valence-electron chi connectivity index (χ1n) is 8.83. The third kappa shape index (κ3) is 4.87. The predicted octanol–water partition coefficient (Wildman–Crippen LogP) is 2.99. The van der Waals surface area contributed by atoms with Crippen LogP contribution in [-0.2, 0) is 11.2 Å². The average Bonchev–Trinajstić information content (AvgIpc) is 2.99. The lowest BCUT2D eigenvalue weighted by Crippen LogP contribution is -2.42. The Kier molecular flexibility index (Phi) is 8.35. The molecule has 3 unspecified atom stereocenters. The molecular formula is C20H24F3N3OS. The van der Waals surface area contributed by atoms with Crippen molar-refractivity contribution in [1.82, 2.24) is 14.9 Å². The summed E-state index contributed by atoms with van der Waals surface area (Å²) in [6.45, 7) is -0.0684. The van der Waals surface area contributed by atoms with Gasteiger partial charge in [-0.05, 0) is 32.1 Å². The van der Waals surface area contributed by atoms with Gasteiger partial charge >= 0.3 is 0 Å². The van der Waals surface area contributed by atoms with Gasteiger partial charge in [-0.15, -0.1) is 0 Å². The van der Waals surface area contributed by atoms with E-state index in [-0.39, 0.29) is 24.1 Å². The van der Waals surface area contributed by atoms with Crippen molar-refractivity contribution >= 4 is 19.2 Å². The molecule has 0 aromatic heterocycles. The summed E-state index contributed by atoms with van der Waals surface area (Å²) in [4.78, 5) is 12.5. The van der Waals surface area contributed by atoms with Gasteiger partial charge in [0.2, 0.25) is 6.41 Å². The normalized spacial score (nSPS) is 21.2. The van der Waals surface area contributed by atoms with Crippen LogP contribution in [0.25, 0.3) is 11.1 Å². The molecule has 2 N–H and O–H groups in total. The summed E-state index contributed by atoms with van der Waals surface area (Å²) in [6.07, 6.45) is -0.627. The molecule has 0 aliphatic carbocycles. The molecule has 3 atom stereocenters. The van der Waals surface area contributed by atoms with Crippen LogP contribution in [0.4, 0.5) is 13.2 Å². The molecule has 1 heterocycles. The molecule has 1 aliphatic rings. The number of amides is 1. The molecule has 2 aromatic rings. The fourth-order valence-electron chi connectivity index (χ4n) is 3.28. The molecule has 152 valence electrons. The monoisotopic (exact) mass is 411 g/mol. The van der Waals surface area contributed by atoms with E-state index in [0.29, 0.717) is 12.0 Å². The Morgan fingerprint density at radius 2 is 1.79 bits per heavy atom. The Labute approximate surface area is 168 Å². The highest BCUT2D eigenvalue weighted by Crippen LogP contribution is 2.30. The van der Waals surface area contributed by atoms with Gasteiger partial charge in [0, 0.05) is 11.1 Å². The van der Waals surface area contributed by atoms with Crippen LogP contribution in [0.3, 0.4) is 0 Å². The van der Waals surface area contributed by atoms with Gasteiger partial charge in [0.1, 0.15) is 17.8 Å². The van der Waals surface area contributed by atoms with E-state index in [1.165, 1.54) is 29.2 Å². The van der Waals surface area contributed by atoms with Crippen molar-refractivity contribution in [3.8, 4) is 11.1 Å². The van der Waals surface area contributed by atoms with Gasteiger partial charge in [0.25, 0.3) is 0 Å². The summed E-state index contributed by atoms with van der Waals surface area (Å²) in [5.41, 5.74) is 0.589. The van der Waals surface area contributed by atoms with Crippen LogP contribution >= 0.6 is 12.8 Å². The maximum atomic E-state index is 14.9. The van der Waals surface area contributed by atoms with Crippen LogP contribution in [0.2, 0.25) is 0 Å².